The third-order valence-corrected chi connectivity index (χ3v) is 3.06. The minimum atomic E-state index is 0.455. The van der Waals surface area contributed by atoms with E-state index in [2.05, 4.69) is 26.2 Å². The van der Waals surface area contributed by atoms with Crippen LogP contribution in [0.4, 0.5) is 5.69 Å². The molecule has 0 amide bonds. The van der Waals surface area contributed by atoms with Gasteiger partial charge in [-0.2, -0.15) is 0 Å². The summed E-state index contributed by atoms with van der Waals surface area (Å²) in [5, 5.41) is 3.43. The number of ether oxygens (including phenoxy) is 1. The van der Waals surface area contributed by atoms with Crippen LogP contribution < -0.4 is 5.32 Å². The van der Waals surface area contributed by atoms with Crippen LogP contribution in [0.15, 0.2) is 22.9 Å². The Kier molecular flexibility index (Phi) is 3.59. The Labute approximate surface area is 98.4 Å². The summed E-state index contributed by atoms with van der Waals surface area (Å²) in [6.45, 7) is 2.86. The molecule has 0 saturated heterocycles. The van der Waals surface area contributed by atoms with E-state index in [-0.39, 0.29) is 0 Å². The lowest BCUT2D eigenvalue weighted by Gasteiger charge is -2.35. The van der Waals surface area contributed by atoms with Crippen LogP contribution in [0.2, 0.25) is 0 Å². The van der Waals surface area contributed by atoms with Crippen molar-refractivity contribution in [1.82, 2.24) is 4.98 Å². The predicted octanol–water partition coefficient (Wildman–Crippen LogP) is 2.82. The van der Waals surface area contributed by atoms with Gasteiger partial charge in [-0.15, -0.1) is 0 Å². The molecule has 1 aliphatic rings. The molecule has 3 nitrogen and oxygen atoms in total. The number of anilines is 1. The summed E-state index contributed by atoms with van der Waals surface area (Å²) >= 11 is 3.31. The molecule has 1 N–H and O–H groups in total. The van der Waals surface area contributed by atoms with E-state index in [4.69, 9.17) is 4.74 Å². The molecule has 0 spiro atoms. The third kappa shape index (κ3) is 2.92. The Bertz CT molecular complexity index is 309. The van der Waals surface area contributed by atoms with Crippen LogP contribution in [0.3, 0.4) is 0 Å². The van der Waals surface area contributed by atoms with Crippen molar-refractivity contribution in [2.45, 2.75) is 31.9 Å². The zero-order valence-electron chi connectivity index (χ0n) is 8.74. The largest absolute Gasteiger partial charge is 0.381 e. The molecule has 1 saturated carbocycles. The Balaban J connectivity index is 1.77. The topological polar surface area (TPSA) is 34.1 Å². The average molecular weight is 271 g/mol. The van der Waals surface area contributed by atoms with E-state index in [9.17, 15) is 0 Å². The number of hydrogen-bond donors (Lipinski definition) is 1. The fourth-order valence-corrected chi connectivity index (χ4v) is 1.99. The van der Waals surface area contributed by atoms with Gasteiger partial charge in [0, 0.05) is 12.6 Å². The first-order valence-electron chi connectivity index (χ1n) is 5.27. The van der Waals surface area contributed by atoms with Crippen molar-refractivity contribution in [2.75, 3.05) is 11.9 Å². The fraction of sp³-hybridized carbons (Fsp3) is 0.545. The molecule has 82 valence electrons. The second-order valence-electron chi connectivity index (χ2n) is 3.76. The molecule has 2 rings (SSSR count). The highest BCUT2D eigenvalue weighted by Crippen LogP contribution is 2.26. The maximum Gasteiger partial charge on any atom is 0.106 e. The summed E-state index contributed by atoms with van der Waals surface area (Å²) in [4.78, 5) is 4.17. The summed E-state index contributed by atoms with van der Waals surface area (Å²) in [7, 11) is 0. The molecule has 1 fully saturated rings. The second kappa shape index (κ2) is 4.94. The van der Waals surface area contributed by atoms with E-state index < -0.39 is 0 Å². The van der Waals surface area contributed by atoms with Crippen LogP contribution in [-0.4, -0.2) is 23.7 Å². The van der Waals surface area contributed by atoms with Gasteiger partial charge in [-0.05, 0) is 47.8 Å². The number of nitrogens with zero attached hydrogens (tertiary/aromatic N) is 1. The second-order valence-corrected chi connectivity index (χ2v) is 4.57. The van der Waals surface area contributed by atoms with Crippen LogP contribution in [-0.2, 0) is 4.74 Å². The number of halogens is 1. The molecule has 1 aromatic rings. The van der Waals surface area contributed by atoms with Gasteiger partial charge in [-0.25, -0.2) is 4.98 Å². The monoisotopic (exact) mass is 270 g/mol. The molecular weight excluding hydrogens is 256 g/mol. The highest BCUT2D eigenvalue weighted by Gasteiger charge is 2.29. The number of pyridine rings is 1. The average Bonchev–Trinajstić information content (AvgIpc) is 2.18. The van der Waals surface area contributed by atoms with E-state index in [1.807, 2.05) is 25.3 Å². The minimum Gasteiger partial charge on any atom is -0.381 e. The van der Waals surface area contributed by atoms with Gasteiger partial charge in [0.15, 0.2) is 0 Å². The maximum atomic E-state index is 5.50. The zero-order chi connectivity index (χ0) is 10.7. The number of rotatable bonds is 4. The minimum absolute atomic E-state index is 0.455. The van der Waals surface area contributed by atoms with Crippen molar-refractivity contribution in [2.24, 2.45) is 0 Å². The van der Waals surface area contributed by atoms with Crippen LogP contribution >= 0.6 is 15.9 Å². The lowest BCUT2D eigenvalue weighted by molar-refractivity contribution is 0.00299. The lowest BCUT2D eigenvalue weighted by atomic mass is 9.89. The fourth-order valence-electron chi connectivity index (χ4n) is 1.75. The van der Waals surface area contributed by atoms with Crippen molar-refractivity contribution in [3.8, 4) is 0 Å². The highest BCUT2D eigenvalue weighted by molar-refractivity contribution is 9.10. The first-order valence-corrected chi connectivity index (χ1v) is 6.07. The number of hydrogen-bond acceptors (Lipinski definition) is 3. The van der Waals surface area contributed by atoms with E-state index in [0.717, 1.165) is 29.7 Å². The van der Waals surface area contributed by atoms with Gasteiger partial charge in [-0.3, -0.25) is 0 Å². The van der Waals surface area contributed by atoms with E-state index >= 15 is 0 Å². The van der Waals surface area contributed by atoms with E-state index in [0.29, 0.717) is 12.1 Å². The highest BCUT2D eigenvalue weighted by atomic mass is 79.9. The molecule has 1 aromatic heterocycles. The zero-order valence-corrected chi connectivity index (χ0v) is 10.3. The van der Waals surface area contributed by atoms with Crippen molar-refractivity contribution in [1.29, 1.82) is 0 Å². The lowest BCUT2D eigenvalue weighted by Crippen LogP contribution is -2.40. The molecule has 0 unspecified atom stereocenters. The normalized spacial score (nSPS) is 24.7. The molecule has 4 heteroatoms. The van der Waals surface area contributed by atoms with Crippen LogP contribution in [0.25, 0.3) is 0 Å². The maximum absolute atomic E-state index is 5.50. The molecule has 1 heterocycles. The van der Waals surface area contributed by atoms with Crippen LogP contribution in [0, 0.1) is 0 Å². The number of aromatic nitrogens is 1. The van der Waals surface area contributed by atoms with Gasteiger partial charge in [0.05, 0.1) is 18.0 Å². The molecule has 15 heavy (non-hydrogen) atoms. The van der Waals surface area contributed by atoms with E-state index in [1.54, 1.807) is 0 Å². The third-order valence-electron chi connectivity index (χ3n) is 2.60. The van der Waals surface area contributed by atoms with Crippen LogP contribution in [0.5, 0.6) is 0 Å². The summed E-state index contributed by atoms with van der Waals surface area (Å²) in [5.74, 6) is 0. The van der Waals surface area contributed by atoms with Gasteiger partial charge in [0.25, 0.3) is 0 Å². The molecule has 0 aromatic carbocycles. The standard InChI is InChI=1S/C11H15BrN2O/c1-2-15-10-5-9(6-10)14-8-3-4-11(12)13-7-8/h3-4,7,9-10,14H,2,5-6H2,1H3. The molecule has 0 radical (unpaired) electrons. The first-order chi connectivity index (χ1) is 7.28. The molecule has 1 aliphatic carbocycles. The molecular formula is C11H15BrN2O. The Morgan fingerprint density at radius 3 is 2.93 bits per heavy atom. The van der Waals surface area contributed by atoms with Gasteiger partial charge in [0.1, 0.15) is 4.60 Å². The Morgan fingerprint density at radius 1 is 1.53 bits per heavy atom. The number of nitrogens with one attached hydrogen (secondary N) is 1. The van der Waals surface area contributed by atoms with Crippen molar-refractivity contribution >= 4 is 21.6 Å². The molecule has 0 aliphatic heterocycles. The van der Waals surface area contributed by atoms with Crippen LogP contribution in [0.1, 0.15) is 19.8 Å². The molecule has 0 atom stereocenters. The summed E-state index contributed by atoms with van der Waals surface area (Å²) in [5.41, 5.74) is 1.08. The Hall–Kier alpha value is -0.610. The van der Waals surface area contributed by atoms with Gasteiger partial charge in [-0.1, -0.05) is 0 Å². The van der Waals surface area contributed by atoms with Crippen molar-refractivity contribution in [3.63, 3.8) is 0 Å². The van der Waals surface area contributed by atoms with Crippen molar-refractivity contribution < 1.29 is 4.74 Å². The van der Waals surface area contributed by atoms with E-state index in [1.165, 1.54) is 0 Å². The predicted molar refractivity (Wildman–Crippen MR) is 64.0 cm³/mol. The summed E-state index contributed by atoms with van der Waals surface area (Å²) in [6.07, 6.45) is 4.50. The summed E-state index contributed by atoms with van der Waals surface area (Å²) < 4.78 is 6.37. The van der Waals surface area contributed by atoms with Gasteiger partial charge < -0.3 is 10.1 Å². The summed E-state index contributed by atoms with van der Waals surface area (Å²) in [6, 6.07) is 4.52. The quantitative estimate of drug-likeness (QED) is 0.855. The first kappa shape index (κ1) is 10.9. The SMILES string of the molecule is CCOC1CC(Nc2ccc(Br)nc2)C1. The smallest absolute Gasteiger partial charge is 0.106 e. The van der Waals surface area contributed by atoms with Crippen molar-refractivity contribution in [3.05, 3.63) is 22.9 Å². The molecule has 0 bridgehead atoms. The van der Waals surface area contributed by atoms with Gasteiger partial charge in [0.2, 0.25) is 0 Å². The van der Waals surface area contributed by atoms with Gasteiger partial charge >= 0.3 is 0 Å². The Morgan fingerprint density at radius 2 is 2.33 bits per heavy atom.